The van der Waals surface area contributed by atoms with Crippen molar-refractivity contribution in [3.05, 3.63) is 35.8 Å². The Hall–Kier alpha value is -1.88. The maximum absolute atomic E-state index is 11.6. The number of thiazole rings is 1. The molecule has 0 aliphatic carbocycles. The summed E-state index contributed by atoms with van der Waals surface area (Å²) in [6.07, 6.45) is 1.32. The molecule has 0 spiro atoms. The molecule has 1 aromatic heterocycles. The van der Waals surface area contributed by atoms with Gasteiger partial charge >= 0.3 is 6.09 Å². The highest BCUT2D eigenvalue weighted by molar-refractivity contribution is 7.13. The number of rotatable bonds is 2. The lowest BCUT2D eigenvalue weighted by Gasteiger charge is -2.19. The molecule has 2 aromatic rings. The quantitative estimate of drug-likeness (QED) is 0.896. The second-order valence-corrected chi connectivity index (χ2v) is 5.94. The van der Waals surface area contributed by atoms with Crippen LogP contribution >= 0.6 is 11.3 Å². The zero-order valence-electron chi connectivity index (χ0n) is 11.1. The van der Waals surface area contributed by atoms with Gasteiger partial charge in [0.25, 0.3) is 0 Å². The molecule has 0 aliphatic heterocycles. The van der Waals surface area contributed by atoms with Gasteiger partial charge in [0.05, 0.1) is 0 Å². The summed E-state index contributed by atoms with van der Waals surface area (Å²) in [5, 5.41) is 5.59. The van der Waals surface area contributed by atoms with Gasteiger partial charge in [-0.1, -0.05) is 0 Å². The van der Waals surface area contributed by atoms with Crippen LogP contribution in [0.4, 0.5) is 10.5 Å². The van der Waals surface area contributed by atoms with Crippen LogP contribution in [0.1, 0.15) is 20.8 Å². The normalized spacial score (nSPS) is 11.1. The molecule has 5 heteroatoms. The summed E-state index contributed by atoms with van der Waals surface area (Å²) < 4.78 is 5.18. The summed E-state index contributed by atoms with van der Waals surface area (Å²) in [7, 11) is 0. The van der Waals surface area contributed by atoms with Gasteiger partial charge in [-0.25, -0.2) is 9.78 Å². The van der Waals surface area contributed by atoms with Crippen molar-refractivity contribution >= 4 is 23.1 Å². The molecule has 0 saturated carbocycles. The summed E-state index contributed by atoms with van der Waals surface area (Å²) >= 11 is 1.58. The molecule has 2 rings (SSSR count). The Bertz CT molecular complexity index is 542. The first-order valence-electron chi connectivity index (χ1n) is 5.94. The fourth-order valence-electron chi connectivity index (χ4n) is 1.48. The van der Waals surface area contributed by atoms with Gasteiger partial charge in [0.2, 0.25) is 0 Å². The van der Waals surface area contributed by atoms with E-state index in [1.165, 1.54) is 0 Å². The van der Waals surface area contributed by atoms with Crippen molar-refractivity contribution in [2.24, 2.45) is 0 Å². The van der Waals surface area contributed by atoms with Crippen LogP contribution in [0.2, 0.25) is 0 Å². The Labute approximate surface area is 116 Å². The minimum absolute atomic E-state index is 0.450. The van der Waals surface area contributed by atoms with Gasteiger partial charge < -0.3 is 4.74 Å². The van der Waals surface area contributed by atoms with Crippen LogP contribution in [0.25, 0.3) is 10.6 Å². The van der Waals surface area contributed by atoms with Crippen molar-refractivity contribution in [3.8, 4) is 10.6 Å². The molecule has 4 nitrogen and oxygen atoms in total. The first kappa shape index (κ1) is 13.5. The van der Waals surface area contributed by atoms with Crippen molar-refractivity contribution in [2.75, 3.05) is 5.32 Å². The Morgan fingerprint density at radius 3 is 2.47 bits per heavy atom. The number of nitrogens with zero attached hydrogens (tertiary/aromatic N) is 1. The smallest absolute Gasteiger partial charge is 0.412 e. The van der Waals surface area contributed by atoms with E-state index in [9.17, 15) is 4.79 Å². The van der Waals surface area contributed by atoms with Crippen LogP contribution in [0.15, 0.2) is 35.8 Å². The zero-order chi connectivity index (χ0) is 13.9. The van der Waals surface area contributed by atoms with E-state index < -0.39 is 11.7 Å². The minimum atomic E-state index is -0.495. The molecular formula is C14H16N2O2S. The lowest BCUT2D eigenvalue weighted by Crippen LogP contribution is -2.27. The first-order valence-corrected chi connectivity index (χ1v) is 6.82. The van der Waals surface area contributed by atoms with E-state index >= 15 is 0 Å². The Morgan fingerprint density at radius 1 is 1.26 bits per heavy atom. The van der Waals surface area contributed by atoms with Crippen LogP contribution in [0, 0.1) is 0 Å². The monoisotopic (exact) mass is 276 g/mol. The van der Waals surface area contributed by atoms with Gasteiger partial charge in [0.1, 0.15) is 10.6 Å². The molecule has 0 fully saturated rings. The number of nitrogens with one attached hydrogen (secondary N) is 1. The van der Waals surface area contributed by atoms with Gasteiger partial charge in [-0.05, 0) is 45.0 Å². The molecule has 1 aromatic carbocycles. The van der Waals surface area contributed by atoms with Crippen LogP contribution in [0.3, 0.4) is 0 Å². The van der Waals surface area contributed by atoms with Crippen LogP contribution < -0.4 is 5.32 Å². The molecule has 1 heterocycles. The number of aromatic nitrogens is 1. The van der Waals surface area contributed by atoms with Gasteiger partial charge in [0, 0.05) is 22.8 Å². The van der Waals surface area contributed by atoms with Gasteiger partial charge in [0.15, 0.2) is 0 Å². The number of carbonyl (C=O) groups is 1. The molecule has 0 unspecified atom stereocenters. The predicted octanol–water partition coefficient (Wildman–Crippen LogP) is 4.16. The molecule has 0 atom stereocenters. The van der Waals surface area contributed by atoms with Crippen LogP contribution in [-0.4, -0.2) is 16.7 Å². The SMILES string of the molecule is CC(C)(C)OC(=O)Nc1ccc(-c2nccs2)cc1. The van der Waals surface area contributed by atoms with Gasteiger partial charge in [-0.15, -0.1) is 11.3 Å². The van der Waals surface area contributed by atoms with Crippen molar-refractivity contribution < 1.29 is 9.53 Å². The molecular weight excluding hydrogens is 260 g/mol. The minimum Gasteiger partial charge on any atom is -0.444 e. The molecule has 0 saturated heterocycles. The number of benzene rings is 1. The van der Waals surface area contributed by atoms with Crippen LogP contribution in [0.5, 0.6) is 0 Å². The third-order valence-electron chi connectivity index (χ3n) is 2.21. The number of ether oxygens (including phenoxy) is 1. The van der Waals surface area contributed by atoms with E-state index in [-0.39, 0.29) is 0 Å². The first-order chi connectivity index (χ1) is 8.94. The number of anilines is 1. The predicted molar refractivity (Wildman–Crippen MR) is 77.4 cm³/mol. The highest BCUT2D eigenvalue weighted by atomic mass is 32.1. The summed E-state index contributed by atoms with van der Waals surface area (Å²) in [4.78, 5) is 15.8. The molecule has 1 amide bonds. The maximum atomic E-state index is 11.6. The highest BCUT2D eigenvalue weighted by Crippen LogP contribution is 2.23. The topological polar surface area (TPSA) is 51.2 Å². The summed E-state index contributed by atoms with van der Waals surface area (Å²) in [5.74, 6) is 0. The van der Waals surface area contributed by atoms with Crippen LogP contribution in [-0.2, 0) is 4.74 Å². The Balaban J connectivity index is 2.01. The van der Waals surface area contributed by atoms with Crippen molar-refractivity contribution in [3.63, 3.8) is 0 Å². The largest absolute Gasteiger partial charge is 0.444 e. The Morgan fingerprint density at radius 2 is 1.95 bits per heavy atom. The average molecular weight is 276 g/mol. The van der Waals surface area contributed by atoms with E-state index in [4.69, 9.17) is 4.74 Å². The third-order valence-corrected chi connectivity index (χ3v) is 3.03. The van der Waals surface area contributed by atoms with Gasteiger partial charge in [-0.3, -0.25) is 5.32 Å². The third kappa shape index (κ3) is 4.06. The van der Waals surface area contributed by atoms with E-state index in [0.29, 0.717) is 5.69 Å². The highest BCUT2D eigenvalue weighted by Gasteiger charge is 2.16. The molecule has 0 bridgehead atoms. The number of hydrogen-bond donors (Lipinski definition) is 1. The van der Waals surface area contributed by atoms with Crippen molar-refractivity contribution in [2.45, 2.75) is 26.4 Å². The number of amides is 1. The lowest BCUT2D eigenvalue weighted by molar-refractivity contribution is 0.0636. The molecule has 100 valence electrons. The fourth-order valence-corrected chi connectivity index (χ4v) is 2.13. The molecule has 19 heavy (non-hydrogen) atoms. The van der Waals surface area contributed by atoms with Crippen molar-refractivity contribution in [1.82, 2.24) is 4.98 Å². The summed E-state index contributed by atoms with van der Waals surface area (Å²) in [6, 6.07) is 7.51. The average Bonchev–Trinajstić information content (AvgIpc) is 2.80. The van der Waals surface area contributed by atoms with E-state index in [2.05, 4.69) is 10.3 Å². The second kappa shape index (κ2) is 5.40. The Kier molecular flexibility index (Phi) is 3.85. The lowest BCUT2D eigenvalue weighted by atomic mass is 10.2. The van der Waals surface area contributed by atoms with Gasteiger partial charge in [-0.2, -0.15) is 0 Å². The van der Waals surface area contributed by atoms with E-state index in [1.54, 1.807) is 17.5 Å². The second-order valence-electron chi connectivity index (χ2n) is 5.04. The van der Waals surface area contributed by atoms with E-state index in [1.807, 2.05) is 50.4 Å². The summed E-state index contributed by atoms with van der Waals surface area (Å²) in [5.41, 5.74) is 1.24. The number of hydrogen-bond acceptors (Lipinski definition) is 4. The molecule has 1 N–H and O–H groups in total. The standard InChI is InChI=1S/C14H16N2O2S/c1-14(2,3)18-13(17)16-11-6-4-10(5-7-11)12-15-8-9-19-12/h4-9H,1-3H3,(H,16,17). The molecule has 0 aliphatic rings. The van der Waals surface area contributed by atoms with Crippen molar-refractivity contribution in [1.29, 1.82) is 0 Å². The fraction of sp³-hybridized carbons (Fsp3) is 0.286. The zero-order valence-corrected chi connectivity index (χ0v) is 12.0. The summed E-state index contributed by atoms with van der Waals surface area (Å²) in [6.45, 7) is 5.49. The van der Waals surface area contributed by atoms with E-state index in [0.717, 1.165) is 10.6 Å². The number of carbonyl (C=O) groups excluding carboxylic acids is 1. The maximum Gasteiger partial charge on any atom is 0.412 e. The molecule has 0 radical (unpaired) electrons.